The zero-order chi connectivity index (χ0) is 18.8. The number of carbonyl (C=O) groups is 2. The average molecular weight is 363 g/mol. The van der Waals surface area contributed by atoms with Gasteiger partial charge in [-0.05, 0) is 42.9 Å². The minimum absolute atomic E-state index is 0.0315. The molecule has 1 saturated heterocycles. The minimum atomic E-state index is -0.0315. The molecule has 1 aliphatic carbocycles. The van der Waals surface area contributed by atoms with E-state index >= 15 is 0 Å². The number of rotatable bonds is 3. The van der Waals surface area contributed by atoms with Crippen molar-refractivity contribution in [1.82, 2.24) is 14.8 Å². The summed E-state index contributed by atoms with van der Waals surface area (Å²) < 4.78 is 0. The fraction of sp³-hybridized carbons (Fsp3) is 0.409. The summed E-state index contributed by atoms with van der Waals surface area (Å²) >= 11 is 0. The van der Waals surface area contributed by atoms with E-state index in [0.29, 0.717) is 31.2 Å². The molecular weight excluding hydrogens is 338 g/mol. The Balaban J connectivity index is 1.37. The summed E-state index contributed by atoms with van der Waals surface area (Å²) in [6.07, 6.45) is 3.41. The van der Waals surface area contributed by atoms with Gasteiger partial charge in [-0.1, -0.05) is 36.4 Å². The molecule has 2 amide bonds. The standard InChI is InChI=1S/C22H25N3O2/c1-16-7-5-10-23-20(16)22(27)25-12-6-11-24(13-14-25)21(26)19-15-18(19)17-8-3-2-4-9-17/h2-5,7-10,18-19H,6,11-15H2,1H3/t18-,19+/m0/s1. The summed E-state index contributed by atoms with van der Waals surface area (Å²) in [5.41, 5.74) is 2.67. The van der Waals surface area contributed by atoms with E-state index in [9.17, 15) is 9.59 Å². The van der Waals surface area contributed by atoms with Crippen LogP contribution in [-0.2, 0) is 4.79 Å². The second-order valence-corrected chi connectivity index (χ2v) is 7.50. The smallest absolute Gasteiger partial charge is 0.272 e. The maximum absolute atomic E-state index is 12.9. The van der Waals surface area contributed by atoms with Gasteiger partial charge in [0.25, 0.3) is 5.91 Å². The third kappa shape index (κ3) is 3.72. The van der Waals surface area contributed by atoms with Gasteiger partial charge in [-0.15, -0.1) is 0 Å². The molecule has 2 atom stereocenters. The van der Waals surface area contributed by atoms with Crippen LogP contribution in [0.15, 0.2) is 48.7 Å². The van der Waals surface area contributed by atoms with Crippen molar-refractivity contribution in [2.24, 2.45) is 5.92 Å². The molecule has 2 heterocycles. The van der Waals surface area contributed by atoms with Crippen LogP contribution in [0.1, 0.15) is 40.4 Å². The quantitative estimate of drug-likeness (QED) is 0.843. The fourth-order valence-corrected chi connectivity index (χ4v) is 3.97. The summed E-state index contributed by atoms with van der Waals surface area (Å²) in [6.45, 7) is 4.48. The SMILES string of the molecule is Cc1cccnc1C(=O)N1CCCN(C(=O)[C@@H]2C[C@H]2c2ccccc2)CC1. The maximum Gasteiger partial charge on any atom is 0.272 e. The summed E-state index contributed by atoms with van der Waals surface area (Å²) in [5, 5.41) is 0. The summed E-state index contributed by atoms with van der Waals surface area (Å²) in [6, 6.07) is 14.0. The Kier molecular flexibility index (Phi) is 4.92. The first-order chi connectivity index (χ1) is 13.1. The lowest BCUT2D eigenvalue weighted by Crippen LogP contribution is -2.38. The van der Waals surface area contributed by atoms with Gasteiger partial charge in [0.15, 0.2) is 0 Å². The van der Waals surface area contributed by atoms with Gasteiger partial charge in [0, 0.05) is 38.3 Å². The molecule has 1 aromatic carbocycles. The molecule has 0 bridgehead atoms. The van der Waals surface area contributed by atoms with E-state index in [0.717, 1.165) is 24.9 Å². The molecule has 5 heteroatoms. The first-order valence-electron chi connectivity index (χ1n) is 9.70. The third-order valence-corrected chi connectivity index (χ3v) is 5.64. The van der Waals surface area contributed by atoms with Gasteiger partial charge in [0.1, 0.15) is 5.69 Å². The van der Waals surface area contributed by atoms with E-state index in [1.165, 1.54) is 5.56 Å². The number of pyridine rings is 1. The van der Waals surface area contributed by atoms with Crippen molar-refractivity contribution in [3.05, 3.63) is 65.5 Å². The number of amides is 2. The van der Waals surface area contributed by atoms with Gasteiger partial charge in [0.05, 0.1) is 0 Å². The van der Waals surface area contributed by atoms with Crippen LogP contribution in [0.3, 0.4) is 0 Å². The molecule has 140 valence electrons. The zero-order valence-electron chi connectivity index (χ0n) is 15.7. The lowest BCUT2D eigenvalue weighted by molar-refractivity contribution is -0.132. The topological polar surface area (TPSA) is 53.5 Å². The second-order valence-electron chi connectivity index (χ2n) is 7.50. The largest absolute Gasteiger partial charge is 0.341 e. The molecule has 2 aliphatic rings. The van der Waals surface area contributed by atoms with Gasteiger partial charge in [-0.25, -0.2) is 0 Å². The number of nitrogens with zero attached hydrogens (tertiary/aromatic N) is 3. The molecule has 2 fully saturated rings. The first kappa shape index (κ1) is 17.7. The molecule has 1 saturated carbocycles. The summed E-state index contributed by atoms with van der Waals surface area (Å²) in [5.74, 6) is 0.673. The Bertz CT molecular complexity index is 836. The van der Waals surface area contributed by atoms with E-state index < -0.39 is 0 Å². The highest BCUT2D eigenvalue weighted by atomic mass is 16.2. The lowest BCUT2D eigenvalue weighted by Gasteiger charge is -2.22. The van der Waals surface area contributed by atoms with Crippen molar-refractivity contribution in [3.8, 4) is 0 Å². The van der Waals surface area contributed by atoms with Gasteiger partial charge in [-0.2, -0.15) is 0 Å². The summed E-state index contributed by atoms with van der Waals surface area (Å²) in [4.78, 5) is 33.7. The minimum Gasteiger partial charge on any atom is -0.341 e. The van der Waals surface area contributed by atoms with E-state index in [-0.39, 0.29) is 17.7 Å². The zero-order valence-corrected chi connectivity index (χ0v) is 15.7. The van der Waals surface area contributed by atoms with Crippen LogP contribution in [0, 0.1) is 12.8 Å². The first-order valence-corrected chi connectivity index (χ1v) is 9.70. The van der Waals surface area contributed by atoms with Crippen LogP contribution in [0.25, 0.3) is 0 Å². The Morgan fingerprint density at radius 3 is 2.48 bits per heavy atom. The van der Waals surface area contributed by atoms with Crippen LogP contribution in [-0.4, -0.2) is 52.8 Å². The van der Waals surface area contributed by atoms with Crippen LogP contribution >= 0.6 is 0 Å². The van der Waals surface area contributed by atoms with Gasteiger partial charge < -0.3 is 9.80 Å². The molecule has 1 aromatic heterocycles. The predicted octanol–water partition coefficient (Wildman–Crippen LogP) is 2.87. The third-order valence-electron chi connectivity index (χ3n) is 5.64. The highest BCUT2D eigenvalue weighted by molar-refractivity contribution is 5.93. The number of benzene rings is 1. The van der Waals surface area contributed by atoms with Gasteiger partial charge in [-0.3, -0.25) is 14.6 Å². The van der Waals surface area contributed by atoms with Crippen LogP contribution < -0.4 is 0 Å². The Labute approximate surface area is 160 Å². The lowest BCUT2D eigenvalue weighted by atomic mass is 10.1. The molecule has 27 heavy (non-hydrogen) atoms. The van der Waals surface area contributed by atoms with Crippen molar-refractivity contribution >= 4 is 11.8 Å². The number of hydrogen-bond donors (Lipinski definition) is 0. The highest BCUT2D eigenvalue weighted by Gasteiger charge is 2.45. The van der Waals surface area contributed by atoms with Crippen LogP contribution in [0.4, 0.5) is 0 Å². The Morgan fingerprint density at radius 2 is 1.70 bits per heavy atom. The fourth-order valence-electron chi connectivity index (χ4n) is 3.97. The van der Waals surface area contributed by atoms with Crippen molar-refractivity contribution < 1.29 is 9.59 Å². The normalized spacial score (nSPS) is 22.3. The van der Waals surface area contributed by atoms with E-state index in [1.54, 1.807) is 6.20 Å². The van der Waals surface area contributed by atoms with Crippen molar-refractivity contribution in [1.29, 1.82) is 0 Å². The van der Waals surface area contributed by atoms with Crippen molar-refractivity contribution in [2.75, 3.05) is 26.2 Å². The Morgan fingerprint density at radius 1 is 0.963 bits per heavy atom. The molecule has 0 unspecified atom stereocenters. The number of aryl methyl sites for hydroxylation is 1. The van der Waals surface area contributed by atoms with Crippen molar-refractivity contribution in [2.45, 2.75) is 25.7 Å². The number of carbonyl (C=O) groups excluding carboxylic acids is 2. The van der Waals surface area contributed by atoms with Crippen LogP contribution in [0.5, 0.6) is 0 Å². The molecule has 5 nitrogen and oxygen atoms in total. The number of hydrogen-bond acceptors (Lipinski definition) is 3. The molecular formula is C22H25N3O2. The van der Waals surface area contributed by atoms with Gasteiger partial charge in [0.2, 0.25) is 5.91 Å². The molecule has 2 aromatic rings. The highest BCUT2D eigenvalue weighted by Crippen LogP contribution is 2.48. The second kappa shape index (κ2) is 7.51. The molecule has 0 N–H and O–H groups in total. The van der Waals surface area contributed by atoms with Crippen LogP contribution in [0.2, 0.25) is 0 Å². The van der Waals surface area contributed by atoms with E-state index in [4.69, 9.17) is 0 Å². The number of aromatic nitrogens is 1. The van der Waals surface area contributed by atoms with E-state index in [1.807, 2.05) is 47.1 Å². The van der Waals surface area contributed by atoms with Crippen molar-refractivity contribution in [3.63, 3.8) is 0 Å². The predicted molar refractivity (Wildman–Crippen MR) is 103 cm³/mol. The molecule has 4 rings (SSSR count). The molecule has 1 aliphatic heterocycles. The van der Waals surface area contributed by atoms with Gasteiger partial charge >= 0.3 is 0 Å². The summed E-state index contributed by atoms with van der Waals surface area (Å²) in [7, 11) is 0. The average Bonchev–Trinajstić information content (AvgIpc) is 3.52. The maximum atomic E-state index is 12.9. The molecule has 0 radical (unpaired) electrons. The Hall–Kier alpha value is -2.69. The van der Waals surface area contributed by atoms with E-state index in [2.05, 4.69) is 17.1 Å². The monoisotopic (exact) mass is 363 g/mol. The molecule has 0 spiro atoms.